The maximum absolute atomic E-state index is 12.6. The number of likely N-dealkylation sites (tertiary alicyclic amines) is 1. The predicted octanol–water partition coefficient (Wildman–Crippen LogP) is 2.53. The van der Waals surface area contributed by atoms with Gasteiger partial charge in [0.25, 0.3) is 5.91 Å². The quantitative estimate of drug-likeness (QED) is 0.891. The molecule has 1 aromatic heterocycles. The molecule has 1 aromatic rings. The van der Waals surface area contributed by atoms with Gasteiger partial charge in [0, 0.05) is 12.6 Å². The number of rotatable bonds is 2. The minimum atomic E-state index is 0.0521. The first-order valence-electron chi connectivity index (χ1n) is 7.39. The van der Waals surface area contributed by atoms with E-state index in [1.165, 1.54) is 25.7 Å². The van der Waals surface area contributed by atoms with Gasteiger partial charge in [0.05, 0.1) is 6.54 Å². The molecule has 1 aliphatic heterocycles. The first kappa shape index (κ1) is 12.7. The summed E-state index contributed by atoms with van der Waals surface area (Å²) in [5.74, 6) is 1.89. The van der Waals surface area contributed by atoms with E-state index in [0.717, 1.165) is 19.4 Å². The van der Waals surface area contributed by atoms with Gasteiger partial charge >= 0.3 is 0 Å². The van der Waals surface area contributed by atoms with Crippen LogP contribution >= 0.6 is 0 Å². The van der Waals surface area contributed by atoms with Gasteiger partial charge in [-0.2, -0.15) is 0 Å². The number of hydrogen-bond donors (Lipinski definition) is 1. The van der Waals surface area contributed by atoms with Crippen molar-refractivity contribution < 1.29 is 9.21 Å². The molecule has 0 radical (unpaired) electrons. The Labute approximate surface area is 113 Å². The lowest BCUT2D eigenvalue weighted by atomic mass is 9.78. The molecular formula is C15H22N2O2. The Morgan fingerprint density at radius 2 is 2.05 bits per heavy atom. The molecule has 0 aromatic carbocycles. The maximum Gasteiger partial charge on any atom is 0.289 e. The van der Waals surface area contributed by atoms with E-state index in [0.29, 0.717) is 30.0 Å². The van der Waals surface area contributed by atoms with E-state index in [4.69, 9.17) is 10.2 Å². The zero-order valence-corrected chi connectivity index (χ0v) is 11.3. The summed E-state index contributed by atoms with van der Waals surface area (Å²) in [6.07, 6.45) is 7.40. The molecule has 1 aliphatic carbocycles. The summed E-state index contributed by atoms with van der Waals surface area (Å²) in [7, 11) is 0. The second kappa shape index (κ2) is 5.37. The number of hydrogen-bond acceptors (Lipinski definition) is 3. The Kier molecular flexibility index (Phi) is 3.60. The lowest BCUT2D eigenvalue weighted by molar-refractivity contribution is 0.0361. The van der Waals surface area contributed by atoms with Gasteiger partial charge in [-0.1, -0.05) is 12.8 Å². The molecule has 104 valence electrons. The molecule has 0 spiro atoms. The van der Waals surface area contributed by atoms with Crippen molar-refractivity contribution in [2.45, 2.75) is 51.1 Å². The zero-order valence-electron chi connectivity index (χ0n) is 11.3. The minimum Gasteiger partial charge on any atom is -0.455 e. The highest BCUT2D eigenvalue weighted by Crippen LogP contribution is 2.36. The van der Waals surface area contributed by atoms with Crippen LogP contribution in [-0.4, -0.2) is 23.4 Å². The summed E-state index contributed by atoms with van der Waals surface area (Å²) in [6.45, 7) is 1.22. The van der Waals surface area contributed by atoms with Crippen LogP contribution in [0.4, 0.5) is 0 Å². The molecule has 2 N–H and O–H groups in total. The molecule has 1 saturated carbocycles. The van der Waals surface area contributed by atoms with Gasteiger partial charge in [-0.15, -0.1) is 0 Å². The van der Waals surface area contributed by atoms with E-state index in [1.54, 1.807) is 12.1 Å². The monoisotopic (exact) mass is 262 g/mol. The number of amides is 1. The molecule has 2 aliphatic rings. The van der Waals surface area contributed by atoms with Gasteiger partial charge in [-0.05, 0) is 43.7 Å². The normalized spacial score (nSPS) is 27.1. The molecule has 1 saturated heterocycles. The lowest BCUT2D eigenvalue weighted by Gasteiger charge is -2.43. The molecule has 4 heteroatoms. The summed E-state index contributed by atoms with van der Waals surface area (Å²) in [6, 6.07) is 3.99. The van der Waals surface area contributed by atoms with Gasteiger partial charge in [-0.3, -0.25) is 4.79 Å². The smallest absolute Gasteiger partial charge is 0.289 e. The predicted molar refractivity (Wildman–Crippen MR) is 72.6 cm³/mol. The second-order valence-electron chi connectivity index (χ2n) is 5.72. The van der Waals surface area contributed by atoms with Crippen molar-refractivity contribution in [2.24, 2.45) is 11.7 Å². The van der Waals surface area contributed by atoms with Gasteiger partial charge in [0.15, 0.2) is 5.76 Å². The number of furan rings is 1. The number of fused-ring (bicyclic) bond motifs is 1. The molecule has 19 heavy (non-hydrogen) atoms. The van der Waals surface area contributed by atoms with Crippen LogP contribution in [0.1, 0.15) is 54.8 Å². The average molecular weight is 262 g/mol. The van der Waals surface area contributed by atoms with Crippen LogP contribution < -0.4 is 5.73 Å². The molecular weight excluding hydrogens is 240 g/mol. The van der Waals surface area contributed by atoms with E-state index < -0.39 is 0 Å². The van der Waals surface area contributed by atoms with Crippen molar-refractivity contribution in [3.8, 4) is 0 Å². The van der Waals surface area contributed by atoms with Gasteiger partial charge < -0.3 is 15.1 Å². The number of carbonyl (C=O) groups excluding carboxylic acids is 1. The molecule has 3 rings (SSSR count). The van der Waals surface area contributed by atoms with Crippen molar-refractivity contribution in [3.63, 3.8) is 0 Å². The average Bonchev–Trinajstić information content (AvgIpc) is 2.95. The summed E-state index contributed by atoms with van der Waals surface area (Å²) < 4.78 is 5.51. The van der Waals surface area contributed by atoms with Crippen molar-refractivity contribution >= 4 is 5.91 Å². The van der Waals surface area contributed by atoms with Crippen LogP contribution in [0.15, 0.2) is 16.5 Å². The fourth-order valence-electron chi connectivity index (χ4n) is 3.62. The SMILES string of the molecule is NCc1ccc(C(=O)N2CCCC3CCCCC32)o1. The van der Waals surface area contributed by atoms with E-state index in [2.05, 4.69) is 0 Å². The summed E-state index contributed by atoms with van der Waals surface area (Å²) in [5.41, 5.74) is 5.53. The largest absolute Gasteiger partial charge is 0.455 e. The van der Waals surface area contributed by atoms with E-state index in [1.807, 2.05) is 4.90 Å². The molecule has 2 fully saturated rings. The Bertz CT molecular complexity index is 453. The Morgan fingerprint density at radius 3 is 2.84 bits per heavy atom. The molecule has 1 amide bonds. The highest BCUT2D eigenvalue weighted by Gasteiger charge is 2.36. The molecule has 2 unspecified atom stereocenters. The molecule has 2 heterocycles. The third-order valence-corrected chi connectivity index (χ3v) is 4.58. The minimum absolute atomic E-state index is 0.0521. The van der Waals surface area contributed by atoms with Crippen LogP contribution in [0.2, 0.25) is 0 Å². The standard InChI is InChI=1S/C15H22N2O2/c16-10-12-7-8-14(19-12)15(18)17-9-3-5-11-4-1-2-6-13(11)17/h7-8,11,13H,1-6,9-10,16H2. The number of nitrogens with two attached hydrogens (primary N) is 1. The first-order chi connectivity index (χ1) is 9.29. The second-order valence-corrected chi connectivity index (χ2v) is 5.72. The third kappa shape index (κ3) is 2.41. The van der Waals surface area contributed by atoms with Crippen LogP contribution in [0.25, 0.3) is 0 Å². The highest BCUT2D eigenvalue weighted by molar-refractivity contribution is 5.91. The number of carbonyl (C=O) groups is 1. The first-order valence-corrected chi connectivity index (χ1v) is 7.39. The summed E-state index contributed by atoms with van der Waals surface area (Å²) >= 11 is 0. The van der Waals surface area contributed by atoms with Gasteiger partial charge in [-0.25, -0.2) is 0 Å². The molecule has 0 bridgehead atoms. The van der Waals surface area contributed by atoms with Crippen LogP contribution in [0.3, 0.4) is 0 Å². The van der Waals surface area contributed by atoms with Crippen molar-refractivity contribution in [1.82, 2.24) is 4.90 Å². The fraction of sp³-hybridized carbons (Fsp3) is 0.667. The summed E-state index contributed by atoms with van der Waals surface area (Å²) in [4.78, 5) is 14.6. The summed E-state index contributed by atoms with van der Waals surface area (Å²) in [5, 5.41) is 0. The lowest BCUT2D eigenvalue weighted by Crippen LogP contribution is -2.49. The Morgan fingerprint density at radius 1 is 1.26 bits per heavy atom. The maximum atomic E-state index is 12.6. The van der Waals surface area contributed by atoms with Crippen molar-refractivity contribution in [2.75, 3.05) is 6.54 Å². The Hall–Kier alpha value is -1.29. The fourth-order valence-corrected chi connectivity index (χ4v) is 3.62. The number of nitrogens with zero attached hydrogens (tertiary/aromatic N) is 1. The van der Waals surface area contributed by atoms with E-state index in [-0.39, 0.29) is 5.91 Å². The molecule has 2 atom stereocenters. The topological polar surface area (TPSA) is 59.5 Å². The van der Waals surface area contributed by atoms with Crippen molar-refractivity contribution in [3.05, 3.63) is 23.7 Å². The zero-order chi connectivity index (χ0) is 13.2. The highest BCUT2D eigenvalue weighted by atomic mass is 16.4. The third-order valence-electron chi connectivity index (χ3n) is 4.58. The van der Waals surface area contributed by atoms with Crippen LogP contribution in [0, 0.1) is 5.92 Å². The number of piperidine rings is 1. The van der Waals surface area contributed by atoms with Gasteiger partial charge in [0.1, 0.15) is 5.76 Å². The van der Waals surface area contributed by atoms with Crippen LogP contribution in [-0.2, 0) is 6.54 Å². The van der Waals surface area contributed by atoms with E-state index in [9.17, 15) is 4.79 Å². The van der Waals surface area contributed by atoms with E-state index >= 15 is 0 Å². The van der Waals surface area contributed by atoms with Crippen LogP contribution in [0.5, 0.6) is 0 Å². The Balaban J connectivity index is 1.77. The molecule has 4 nitrogen and oxygen atoms in total. The van der Waals surface area contributed by atoms with Crippen molar-refractivity contribution in [1.29, 1.82) is 0 Å². The van der Waals surface area contributed by atoms with Gasteiger partial charge in [0.2, 0.25) is 0 Å².